The molecule has 2 aromatic rings. The van der Waals surface area contributed by atoms with Gasteiger partial charge in [0.15, 0.2) is 11.7 Å². The second-order valence-corrected chi connectivity index (χ2v) is 5.07. The Morgan fingerprint density at radius 2 is 2.21 bits per heavy atom. The third kappa shape index (κ3) is 3.64. The molecule has 0 aliphatic carbocycles. The minimum absolute atomic E-state index is 0.318. The molecule has 0 unspecified atom stereocenters. The fourth-order valence-electron chi connectivity index (χ4n) is 1.77. The molecule has 0 saturated carbocycles. The van der Waals surface area contributed by atoms with E-state index in [4.69, 9.17) is 4.42 Å². The summed E-state index contributed by atoms with van der Waals surface area (Å²) in [7, 11) is 0. The predicted octanol–water partition coefficient (Wildman–Crippen LogP) is 3.79. The van der Waals surface area contributed by atoms with Crippen LogP contribution in [0.1, 0.15) is 19.2 Å². The van der Waals surface area contributed by atoms with Crippen molar-refractivity contribution in [2.45, 2.75) is 19.8 Å². The van der Waals surface area contributed by atoms with Crippen molar-refractivity contribution in [2.75, 3.05) is 13.1 Å². The minimum Gasteiger partial charge on any atom is -0.441 e. The van der Waals surface area contributed by atoms with Gasteiger partial charge in [0.05, 0.1) is 11.8 Å². The number of hydrogen-bond acceptors (Lipinski definition) is 3. The molecule has 1 N–H and O–H groups in total. The van der Waals surface area contributed by atoms with E-state index in [-0.39, 0.29) is 5.82 Å². The van der Waals surface area contributed by atoms with E-state index in [9.17, 15) is 4.39 Å². The van der Waals surface area contributed by atoms with E-state index in [0.29, 0.717) is 28.1 Å². The molecule has 1 aromatic carbocycles. The first-order valence-corrected chi connectivity index (χ1v) is 7.11. The van der Waals surface area contributed by atoms with Crippen LogP contribution in [0.4, 0.5) is 4.39 Å². The molecule has 0 bridgehead atoms. The summed E-state index contributed by atoms with van der Waals surface area (Å²) in [4.78, 5) is 4.18. The molecule has 0 fully saturated rings. The van der Waals surface area contributed by atoms with Gasteiger partial charge in [0.1, 0.15) is 5.82 Å². The summed E-state index contributed by atoms with van der Waals surface area (Å²) in [5.41, 5.74) is 0.419. The van der Waals surface area contributed by atoms with Crippen LogP contribution >= 0.6 is 15.9 Å². The molecule has 3 nitrogen and oxygen atoms in total. The second-order valence-electron chi connectivity index (χ2n) is 4.21. The van der Waals surface area contributed by atoms with Gasteiger partial charge in [-0.25, -0.2) is 9.37 Å². The topological polar surface area (TPSA) is 38.1 Å². The molecule has 0 atom stereocenters. The van der Waals surface area contributed by atoms with Crippen molar-refractivity contribution >= 4 is 15.9 Å². The monoisotopic (exact) mass is 326 g/mol. The van der Waals surface area contributed by atoms with Gasteiger partial charge in [-0.05, 0) is 41.0 Å². The molecular weight excluding hydrogens is 311 g/mol. The van der Waals surface area contributed by atoms with Crippen LogP contribution in [-0.2, 0) is 6.42 Å². The van der Waals surface area contributed by atoms with Crippen LogP contribution in [-0.4, -0.2) is 18.1 Å². The molecule has 1 aromatic heterocycles. The summed E-state index contributed by atoms with van der Waals surface area (Å²) < 4.78 is 20.0. The Morgan fingerprint density at radius 1 is 1.37 bits per heavy atom. The lowest BCUT2D eigenvalue weighted by Gasteiger charge is -2.02. The van der Waals surface area contributed by atoms with Gasteiger partial charge in [0.25, 0.3) is 0 Å². The molecule has 0 spiro atoms. The normalized spacial score (nSPS) is 10.9. The Bertz CT molecular complexity index is 522. The van der Waals surface area contributed by atoms with Crippen molar-refractivity contribution in [1.29, 1.82) is 0 Å². The Morgan fingerprint density at radius 3 is 2.95 bits per heavy atom. The highest BCUT2D eigenvalue weighted by Gasteiger charge is 2.14. The molecule has 1 heterocycles. The molecule has 0 saturated heterocycles. The van der Waals surface area contributed by atoms with E-state index in [0.717, 1.165) is 19.5 Å². The van der Waals surface area contributed by atoms with Crippen molar-refractivity contribution < 1.29 is 8.81 Å². The van der Waals surface area contributed by atoms with Gasteiger partial charge in [-0.2, -0.15) is 0 Å². The Hall–Kier alpha value is -1.20. The highest BCUT2D eigenvalue weighted by atomic mass is 79.9. The van der Waals surface area contributed by atoms with Gasteiger partial charge < -0.3 is 9.73 Å². The van der Waals surface area contributed by atoms with Gasteiger partial charge in [-0.15, -0.1) is 0 Å². The highest BCUT2D eigenvalue weighted by Crippen LogP contribution is 2.31. The average Bonchev–Trinajstić information content (AvgIpc) is 2.83. The van der Waals surface area contributed by atoms with Crippen molar-refractivity contribution in [3.63, 3.8) is 0 Å². The van der Waals surface area contributed by atoms with E-state index in [1.807, 2.05) is 0 Å². The molecule has 2 rings (SSSR count). The molecule has 102 valence electrons. The highest BCUT2D eigenvalue weighted by molar-refractivity contribution is 9.10. The quantitative estimate of drug-likeness (QED) is 0.821. The van der Waals surface area contributed by atoms with E-state index in [2.05, 4.69) is 33.2 Å². The third-order valence-corrected chi connectivity index (χ3v) is 3.37. The first-order chi connectivity index (χ1) is 9.22. The molecular formula is C14H16BrFN2O. The lowest BCUT2D eigenvalue weighted by atomic mass is 10.2. The second kappa shape index (κ2) is 6.82. The summed E-state index contributed by atoms with van der Waals surface area (Å²) in [6.07, 6.45) is 3.36. The molecule has 0 amide bonds. The van der Waals surface area contributed by atoms with Crippen molar-refractivity contribution in [3.05, 3.63) is 40.6 Å². The zero-order chi connectivity index (χ0) is 13.7. The number of hydrogen-bond donors (Lipinski definition) is 1. The first-order valence-electron chi connectivity index (χ1n) is 6.32. The first kappa shape index (κ1) is 14.2. The van der Waals surface area contributed by atoms with E-state index in [1.165, 1.54) is 6.07 Å². The number of nitrogens with one attached hydrogen (secondary N) is 1. The van der Waals surface area contributed by atoms with Crippen LogP contribution in [0.3, 0.4) is 0 Å². The number of aromatic nitrogens is 1. The number of rotatable bonds is 6. The maximum Gasteiger partial charge on any atom is 0.196 e. The maximum absolute atomic E-state index is 13.8. The van der Waals surface area contributed by atoms with Crippen LogP contribution in [0.25, 0.3) is 11.3 Å². The standard InChI is InChI=1S/C14H16BrFN2O/c1-2-7-17-8-6-13-18-9-12(19-13)14-10(15)4-3-5-11(14)16/h3-5,9,17H,2,6-8H2,1H3. The molecule has 5 heteroatoms. The van der Waals surface area contributed by atoms with Gasteiger partial charge in [-0.1, -0.05) is 13.0 Å². The zero-order valence-electron chi connectivity index (χ0n) is 10.7. The smallest absolute Gasteiger partial charge is 0.196 e. The largest absolute Gasteiger partial charge is 0.441 e. The number of oxazole rings is 1. The summed E-state index contributed by atoms with van der Waals surface area (Å²) in [5.74, 6) is 0.755. The van der Waals surface area contributed by atoms with Crippen LogP contribution in [0.2, 0.25) is 0 Å². The van der Waals surface area contributed by atoms with E-state index in [1.54, 1.807) is 18.3 Å². The predicted molar refractivity (Wildman–Crippen MR) is 76.5 cm³/mol. The average molecular weight is 327 g/mol. The molecule has 0 aliphatic heterocycles. The van der Waals surface area contributed by atoms with Crippen molar-refractivity contribution in [2.24, 2.45) is 0 Å². The Labute approximate surface area is 120 Å². The van der Waals surface area contributed by atoms with E-state index < -0.39 is 0 Å². The van der Waals surface area contributed by atoms with E-state index >= 15 is 0 Å². The lowest BCUT2D eigenvalue weighted by Crippen LogP contribution is -2.17. The van der Waals surface area contributed by atoms with Crippen LogP contribution in [0.15, 0.2) is 33.3 Å². The number of nitrogens with zero attached hydrogens (tertiary/aromatic N) is 1. The molecule has 19 heavy (non-hydrogen) atoms. The third-order valence-electron chi connectivity index (χ3n) is 2.71. The molecule has 0 aliphatic rings. The number of benzene rings is 1. The van der Waals surface area contributed by atoms with Crippen LogP contribution < -0.4 is 5.32 Å². The fourth-order valence-corrected chi connectivity index (χ4v) is 2.31. The van der Waals surface area contributed by atoms with Crippen molar-refractivity contribution in [1.82, 2.24) is 10.3 Å². The SMILES string of the molecule is CCCNCCc1ncc(-c2c(F)cccc2Br)o1. The summed E-state index contributed by atoms with van der Waals surface area (Å²) in [6.45, 7) is 3.91. The van der Waals surface area contributed by atoms with Gasteiger partial charge in [-0.3, -0.25) is 0 Å². The van der Waals surface area contributed by atoms with Crippen LogP contribution in [0.5, 0.6) is 0 Å². The van der Waals surface area contributed by atoms with Crippen LogP contribution in [0, 0.1) is 5.82 Å². The summed E-state index contributed by atoms with van der Waals surface area (Å²) >= 11 is 3.33. The fraction of sp³-hybridized carbons (Fsp3) is 0.357. The summed E-state index contributed by atoms with van der Waals surface area (Å²) in [6, 6.07) is 4.84. The van der Waals surface area contributed by atoms with Gasteiger partial charge in [0.2, 0.25) is 0 Å². The van der Waals surface area contributed by atoms with Crippen molar-refractivity contribution in [3.8, 4) is 11.3 Å². The minimum atomic E-state index is -0.318. The Balaban J connectivity index is 2.08. The maximum atomic E-state index is 13.8. The van der Waals surface area contributed by atoms with Gasteiger partial charge >= 0.3 is 0 Å². The zero-order valence-corrected chi connectivity index (χ0v) is 12.3. The number of halogens is 2. The van der Waals surface area contributed by atoms with Gasteiger partial charge in [0, 0.05) is 17.4 Å². The lowest BCUT2D eigenvalue weighted by molar-refractivity contribution is 0.491. The summed E-state index contributed by atoms with van der Waals surface area (Å²) in [5, 5.41) is 3.27. The molecule has 0 radical (unpaired) electrons. The Kier molecular flexibility index (Phi) is 5.10.